The van der Waals surface area contributed by atoms with Crippen molar-refractivity contribution >= 4 is 39.9 Å². The van der Waals surface area contributed by atoms with Crippen molar-refractivity contribution in [3.05, 3.63) is 69.7 Å². The topological polar surface area (TPSA) is 124 Å². The Morgan fingerprint density at radius 3 is 2.49 bits per heavy atom. The summed E-state index contributed by atoms with van der Waals surface area (Å²) in [5.74, 6) is -1.14. The molecule has 1 N–H and O–H groups in total. The van der Waals surface area contributed by atoms with Crippen LogP contribution in [-0.2, 0) is 14.3 Å². The molecule has 0 bridgehead atoms. The van der Waals surface area contributed by atoms with Gasteiger partial charge in [-0.05, 0) is 56.7 Å². The highest BCUT2D eigenvalue weighted by atomic mass is 32.1. The number of carbonyl (C=O) groups excluding carboxylic acids is 3. The highest BCUT2D eigenvalue weighted by Crippen LogP contribution is 2.45. The van der Waals surface area contributed by atoms with Crippen LogP contribution in [0.15, 0.2) is 48.0 Å². The molecule has 10 nitrogen and oxygen atoms in total. The molecule has 3 aromatic rings. The number of aliphatic hydroxyl groups is 1. The maximum absolute atomic E-state index is 13.5. The zero-order chi connectivity index (χ0) is 27.7. The number of benzene rings is 2. The second-order valence-corrected chi connectivity index (χ2v) is 9.64. The van der Waals surface area contributed by atoms with Crippen LogP contribution in [0.25, 0.3) is 5.76 Å². The number of aryl methyl sites for hydroxylation is 1. The summed E-state index contributed by atoms with van der Waals surface area (Å²) >= 11 is 0.950. The summed E-state index contributed by atoms with van der Waals surface area (Å²) in [5, 5.41) is 11.6. The Morgan fingerprint density at radius 1 is 1.08 bits per heavy atom. The summed E-state index contributed by atoms with van der Waals surface area (Å²) in [6.45, 7) is 6.58. The standard InChI is InChI=1S/C28H26N2O8S/c1-4-35-18-9-6-16(7-10-18)22-21(23(31)17-8-11-19-20(14-17)38-13-12-37-19)24(32)26(33)30(22)28-29-15(3)25(39-28)27(34)36-5-2/h6-11,14,22,31H,4-5,12-13H2,1-3H3/b23-21+. The Morgan fingerprint density at radius 2 is 1.79 bits per heavy atom. The van der Waals surface area contributed by atoms with Gasteiger partial charge in [0.2, 0.25) is 0 Å². The molecule has 0 aliphatic carbocycles. The number of Topliss-reactive ketones (excluding diaryl/α,β-unsaturated/α-hetero) is 1. The van der Waals surface area contributed by atoms with E-state index in [1.807, 2.05) is 6.92 Å². The normalized spacial score (nSPS) is 17.8. The van der Waals surface area contributed by atoms with Gasteiger partial charge in [-0.1, -0.05) is 23.5 Å². The Balaban J connectivity index is 1.65. The third kappa shape index (κ3) is 4.81. The van der Waals surface area contributed by atoms with Crippen molar-refractivity contribution in [1.82, 2.24) is 4.98 Å². The summed E-state index contributed by atoms with van der Waals surface area (Å²) in [6.07, 6.45) is 0. The van der Waals surface area contributed by atoms with Crippen molar-refractivity contribution < 1.29 is 38.4 Å². The molecule has 0 spiro atoms. The zero-order valence-electron chi connectivity index (χ0n) is 21.6. The van der Waals surface area contributed by atoms with Crippen LogP contribution < -0.4 is 19.1 Å². The molecule has 1 saturated heterocycles. The third-order valence-corrected chi connectivity index (χ3v) is 7.36. The Kier molecular flexibility index (Phi) is 7.25. The lowest BCUT2D eigenvalue weighted by molar-refractivity contribution is -0.132. The number of hydrogen-bond acceptors (Lipinski definition) is 10. The molecule has 39 heavy (non-hydrogen) atoms. The fourth-order valence-corrected chi connectivity index (χ4v) is 5.46. The minimum absolute atomic E-state index is 0.119. The van der Waals surface area contributed by atoms with Gasteiger partial charge in [0, 0.05) is 5.56 Å². The molecule has 1 fully saturated rings. The number of aliphatic hydroxyl groups excluding tert-OH is 1. The number of fused-ring (bicyclic) bond motifs is 1. The number of carbonyl (C=O) groups is 3. The number of anilines is 1. The molecule has 1 amide bonds. The molecule has 3 heterocycles. The van der Waals surface area contributed by atoms with Crippen molar-refractivity contribution in [2.45, 2.75) is 26.8 Å². The van der Waals surface area contributed by atoms with Crippen LogP contribution in [0.2, 0.25) is 0 Å². The van der Waals surface area contributed by atoms with E-state index < -0.39 is 23.7 Å². The number of esters is 1. The third-order valence-electron chi connectivity index (χ3n) is 6.22. The predicted molar refractivity (Wildman–Crippen MR) is 143 cm³/mol. The Hall–Kier alpha value is -4.38. The van der Waals surface area contributed by atoms with Gasteiger partial charge in [-0.15, -0.1) is 0 Å². The molecule has 2 aliphatic rings. The van der Waals surface area contributed by atoms with E-state index in [0.29, 0.717) is 48.3 Å². The van der Waals surface area contributed by atoms with Crippen LogP contribution in [0.3, 0.4) is 0 Å². The van der Waals surface area contributed by atoms with Gasteiger partial charge in [-0.25, -0.2) is 9.78 Å². The van der Waals surface area contributed by atoms with E-state index >= 15 is 0 Å². The highest BCUT2D eigenvalue weighted by molar-refractivity contribution is 7.17. The fraction of sp³-hybridized carbons (Fsp3) is 0.286. The summed E-state index contributed by atoms with van der Waals surface area (Å²) in [5.41, 5.74) is 1.08. The maximum Gasteiger partial charge on any atom is 0.350 e. The van der Waals surface area contributed by atoms with E-state index in [1.165, 1.54) is 4.90 Å². The van der Waals surface area contributed by atoms with Crippen molar-refractivity contribution in [1.29, 1.82) is 0 Å². The van der Waals surface area contributed by atoms with Gasteiger partial charge in [0.25, 0.3) is 5.78 Å². The Labute approximate surface area is 228 Å². The first kappa shape index (κ1) is 26.2. The van der Waals surface area contributed by atoms with Crippen LogP contribution in [0.4, 0.5) is 5.13 Å². The number of ether oxygens (including phenoxy) is 4. The number of nitrogens with zero attached hydrogens (tertiary/aromatic N) is 2. The smallest absolute Gasteiger partial charge is 0.350 e. The average molecular weight is 551 g/mol. The van der Waals surface area contributed by atoms with Crippen LogP contribution >= 0.6 is 11.3 Å². The molecule has 202 valence electrons. The maximum atomic E-state index is 13.5. The zero-order valence-corrected chi connectivity index (χ0v) is 22.4. The molecule has 1 aromatic heterocycles. The van der Waals surface area contributed by atoms with Gasteiger partial charge in [-0.3, -0.25) is 14.5 Å². The van der Waals surface area contributed by atoms with E-state index in [2.05, 4.69) is 4.98 Å². The first-order chi connectivity index (χ1) is 18.8. The highest BCUT2D eigenvalue weighted by Gasteiger charge is 2.48. The summed E-state index contributed by atoms with van der Waals surface area (Å²) in [6, 6.07) is 10.7. The van der Waals surface area contributed by atoms with Crippen molar-refractivity contribution in [3.63, 3.8) is 0 Å². The van der Waals surface area contributed by atoms with Gasteiger partial charge >= 0.3 is 11.9 Å². The van der Waals surface area contributed by atoms with Gasteiger partial charge in [0.05, 0.1) is 30.5 Å². The first-order valence-electron chi connectivity index (χ1n) is 12.4. The van der Waals surface area contributed by atoms with Crippen LogP contribution in [0.5, 0.6) is 17.2 Å². The number of aromatic nitrogens is 1. The van der Waals surface area contributed by atoms with Crippen LogP contribution in [-0.4, -0.2) is 54.2 Å². The summed E-state index contributed by atoms with van der Waals surface area (Å²) in [7, 11) is 0. The minimum atomic E-state index is -1.02. The SMILES string of the molecule is CCOC(=O)c1sc(N2C(=O)C(=O)/C(=C(/O)c3ccc4c(c3)OCCO4)C2c2ccc(OCC)cc2)nc1C. The molecule has 0 radical (unpaired) electrons. The lowest BCUT2D eigenvalue weighted by Crippen LogP contribution is -2.29. The van der Waals surface area contributed by atoms with Crippen LogP contribution in [0.1, 0.15) is 46.4 Å². The average Bonchev–Trinajstić information content (AvgIpc) is 3.45. The van der Waals surface area contributed by atoms with E-state index in [4.69, 9.17) is 18.9 Å². The molecule has 1 atom stereocenters. The molecule has 5 rings (SSSR count). The van der Waals surface area contributed by atoms with Crippen LogP contribution in [0, 0.1) is 6.92 Å². The lowest BCUT2D eigenvalue weighted by atomic mass is 9.95. The first-order valence-corrected chi connectivity index (χ1v) is 13.2. The summed E-state index contributed by atoms with van der Waals surface area (Å²) in [4.78, 5) is 45.3. The minimum Gasteiger partial charge on any atom is -0.507 e. The second-order valence-electron chi connectivity index (χ2n) is 8.66. The molecule has 1 unspecified atom stereocenters. The summed E-state index contributed by atoms with van der Waals surface area (Å²) < 4.78 is 21.9. The van der Waals surface area contributed by atoms with E-state index in [0.717, 1.165) is 11.3 Å². The molecule has 2 aliphatic heterocycles. The Bertz CT molecular complexity index is 1480. The number of rotatable bonds is 7. The van der Waals surface area contributed by atoms with Crippen molar-refractivity contribution in [2.75, 3.05) is 31.3 Å². The molecule has 11 heteroatoms. The molecular weight excluding hydrogens is 524 g/mol. The molecule has 0 saturated carbocycles. The van der Waals surface area contributed by atoms with Gasteiger partial charge < -0.3 is 24.1 Å². The number of hydrogen-bond donors (Lipinski definition) is 1. The lowest BCUT2D eigenvalue weighted by Gasteiger charge is -2.23. The second kappa shape index (κ2) is 10.8. The van der Waals surface area contributed by atoms with Gasteiger partial charge in [0.1, 0.15) is 29.6 Å². The predicted octanol–water partition coefficient (Wildman–Crippen LogP) is 4.42. The monoisotopic (exact) mass is 550 g/mol. The van der Waals surface area contributed by atoms with Gasteiger partial charge in [0.15, 0.2) is 16.6 Å². The fourth-order valence-electron chi connectivity index (χ4n) is 4.48. The molecular formula is C28H26N2O8S. The van der Waals surface area contributed by atoms with E-state index in [1.54, 1.807) is 56.3 Å². The van der Waals surface area contributed by atoms with Crippen molar-refractivity contribution in [3.8, 4) is 17.2 Å². The van der Waals surface area contributed by atoms with Gasteiger partial charge in [-0.2, -0.15) is 0 Å². The largest absolute Gasteiger partial charge is 0.507 e. The number of thiazole rings is 1. The van der Waals surface area contributed by atoms with Crippen molar-refractivity contribution in [2.24, 2.45) is 0 Å². The quantitative estimate of drug-likeness (QED) is 0.197. The molecule has 2 aromatic carbocycles. The number of amides is 1. The van der Waals surface area contributed by atoms with E-state index in [9.17, 15) is 19.5 Å². The van der Waals surface area contributed by atoms with E-state index in [-0.39, 0.29) is 33.5 Å². The number of ketones is 1.